The molecule has 2 aromatic heterocycles. The molecule has 4 rings (SSSR count). The number of aromatic nitrogens is 3. The summed E-state index contributed by atoms with van der Waals surface area (Å²) in [6.45, 7) is 1.47. The van der Waals surface area contributed by atoms with Crippen LogP contribution in [0.2, 0.25) is 5.15 Å². The molecule has 3 heterocycles. The van der Waals surface area contributed by atoms with Crippen molar-refractivity contribution in [2.24, 2.45) is 0 Å². The second-order valence-electron chi connectivity index (χ2n) is 6.62. The van der Waals surface area contributed by atoms with Gasteiger partial charge in [0, 0.05) is 37.0 Å². The highest BCUT2D eigenvalue weighted by molar-refractivity contribution is 6.40. The molecule has 8 heteroatoms. The Balaban J connectivity index is 1.48. The van der Waals surface area contributed by atoms with Crippen LogP contribution in [0.1, 0.15) is 30.1 Å². The molecule has 1 amide bonds. The van der Waals surface area contributed by atoms with Crippen molar-refractivity contribution in [1.82, 2.24) is 19.3 Å². The van der Waals surface area contributed by atoms with Crippen LogP contribution in [0.25, 0.3) is 5.52 Å². The minimum atomic E-state index is -0.308. The van der Waals surface area contributed by atoms with Gasteiger partial charge in [-0.1, -0.05) is 41.9 Å². The van der Waals surface area contributed by atoms with Gasteiger partial charge >= 0.3 is 6.09 Å². The summed E-state index contributed by atoms with van der Waals surface area (Å²) in [6.07, 6.45) is 4.90. The first-order chi connectivity index (χ1) is 13.1. The number of imidazole rings is 1. The van der Waals surface area contributed by atoms with Gasteiger partial charge in [0.25, 0.3) is 0 Å². The summed E-state index contributed by atoms with van der Waals surface area (Å²) in [5.74, 6) is 0.860. The number of hydrogen-bond acceptors (Lipinski definition) is 4. The number of hydrogen-bond donors (Lipinski definition) is 0. The Bertz CT molecular complexity index is 963. The summed E-state index contributed by atoms with van der Waals surface area (Å²) >= 11 is 6.16. The maximum Gasteiger partial charge on any atom is 0.410 e. The number of likely N-dealkylation sites (tertiary alicyclic amines) is 1. The Morgan fingerprint density at radius 2 is 2.15 bits per heavy atom. The van der Waals surface area contributed by atoms with Gasteiger partial charge in [0.15, 0.2) is 5.15 Å². The Kier molecular flexibility index (Phi) is 5.03. The third-order valence-electron chi connectivity index (χ3n) is 4.81. The van der Waals surface area contributed by atoms with Crippen LogP contribution in [-0.2, 0) is 11.3 Å². The molecule has 1 aromatic carbocycles. The minimum absolute atomic E-state index is 0.0614. The summed E-state index contributed by atoms with van der Waals surface area (Å²) in [6, 6.07) is 9.65. The van der Waals surface area contributed by atoms with Gasteiger partial charge in [-0.3, -0.25) is 4.40 Å². The minimum Gasteiger partial charge on any atom is -0.445 e. The second-order valence-corrected chi connectivity index (χ2v) is 6.98. The Labute approximate surface area is 163 Å². The fourth-order valence-corrected chi connectivity index (χ4v) is 3.75. The lowest BCUT2D eigenvalue weighted by Gasteiger charge is -2.31. The molecule has 0 N–H and O–H groups in total. The van der Waals surface area contributed by atoms with Crippen molar-refractivity contribution in [3.05, 3.63) is 59.3 Å². The van der Waals surface area contributed by atoms with Crippen molar-refractivity contribution >= 4 is 36.7 Å². The highest BCUT2D eigenvalue weighted by Crippen LogP contribution is 2.27. The Hall–Kier alpha value is -2.54. The van der Waals surface area contributed by atoms with Crippen LogP contribution in [0.15, 0.2) is 42.7 Å². The highest BCUT2D eigenvalue weighted by Gasteiger charge is 2.29. The first-order valence-electron chi connectivity index (χ1n) is 8.87. The number of rotatable bonds is 3. The molecule has 0 saturated carbocycles. The Morgan fingerprint density at radius 3 is 2.96 bits per heavy atom. The molecule has 27 heavy (non-hydrogen) atoms. The van der Waals surface area contributed by atoms with Crippen LogP contribution in [0, 0.1) is 0 Å². The van der Waals surface area contributed by atoms with Gasteiger partial charge in [0.05, 0.1) is 5.52 Å². The molecule has 1 unspecified atom stereocenters. The molecule has 1 aliphatic heterocycles. The summed E-state index contributed by atoms with van der Waals surface area (Å²) in [7, 11) is 6.03. The van der Waals surface area contributed by atoms with Gasteiger partial charge in [-0.2, -0.15) is 0 Å². The van der Waals surface area contributed by atoms with Gasteiger partial charge < -0.3 is 9.64 Å². The lowest BCUT2D eigenvalue weighted by atomic mass is 9.97. The average molecular weight is 381 g/mol. The topological polar surface area (TPSA) is 59.7 Å². The number of carbonyl (C=O) groups excluding carboxylic acids is 1. The van der Waals surface area contributed by atoms with E-state index in [2.05, 4.69) is 9.97 Å². The fraction of sp³-hybridized carbons (Fsp3) is 0.316. The van der Waals surface area contributed by atoms with Gasteiger partial charge in [-0.15, -0.1) is 0 Å². The predicted octanol–water partition coefficient (Wildman–Crippen LogP) is 2.69. The average Bonchev–Trinajstić information content (AvgIpc) is 3.05. The zero-order valence-corrected chi connectivity index (χ0v) is 15.5. The van der Waals surface area contributed by atoms with Crippen LogP contribution >= 0.6 is 11.6 Å². The number of halogens is 1. The number of benzene rings is 1. The molecular weight excluding hydrogens is 363 g/mol. The van der Waals surface area contributed by atoms with Gasteiger partial charge in [0.1, 0.15) is 20.3 Å². The van der Waals surface area contributed by atoms with Crippen LogP contribution in [0.3, 0.4) is 0 Å². The molecular formula is C19H18BClN4O2. The van der Waals surface area contributed by atoms with Crippen LogP contribution in [0.5, 0.6) is 0 Å². The molecule has 6 nitrogen and oxygen atoms in total. The maximum atomic E-state index is 12.5. The zero-order valence-electron chi connectivity index (χ0n) is 14.7. The summed E-state index contributed by atoms with van der Waals surface area (Å²) in [5.41, 5.74) is 1.93. The fourth-order valence-electron chi connectivity index (χ4n) is 3.50. The van der Waals surface area contributed by atoms with Crippen LogP contribution in [0.4, 0.5) is 4.79 Å². The number of fused-ring (bicyclic) bond motifs is 1. The first kappa shape index (κ1) is 17.9. The summed E-state index contributed by atoms with van der Waals surface area (Å²) in [4.78, 5) is 22.8. The van der Waals surface area contributed by atoms with Crippen molar-refractivity contribution in [2.75, 3.05) is 13.1 Å². The molecule has 1 saturated heterocycles. The van der Waals surface area contributed by atoms with E-state index in [4.69, 9.17) is 24.2 Å². The molecule has 3 aromatic rings. The third kappa shape index (κ3) is 3.64. The van der Waals surface area contributed by atoms with Crippen molar-refractivity contribution in [1.29, 1.82) is 0 Å². The highest BCUT2D eigenvalue weighted by atomic mass is 35.5. The monoisotopic (exact) mass is 380 g/mol. The smallest absolute Gasteiger partial charge is 0.410 e. The zero-order chi connectivity index (χ0) is 18.8. The van der Waals surface area contributed by atoms with E-state index in [-0.39, 0.29) is 18.6 Å². The van der Waals surface area contributed by atoms with E-state index >= 15 is 0 Å². The Morgan fingerprint density at radius 1 is 1.33 bits per heavy atom. The number of amides is 1. The normalized spacial score (nSPS) is 17.2. The van der Waals surface area contributed by atoms with Crippen LogP contribution in [-0.4, -0.2) is 46.3 Å². The van der Waals surface area contributed by atoms with E-state index in [0.717, 1.165) is 24.2 Å². The van der Waals surface area contributed by atoms with Gasteiger partial charge in [0.2, 0.25) is 0 Å². The van der Waals surface area contributed by atoms with E-state index in [1.807, 2.05) is 34.7 Å². The van der Waals surface area contributed by atoms with Crippen molar-refractivity contribution in [3.63, 3.8) is 0 Å². The third-order valence-corrected chi connectivity index (χ3v) is 5.09. The summed E-state index contributed by atoms with van der Waals surface area (Å²) in [5, 5.41) is 0.323. The number of carbonyl (C=O) groups is 1. The maximum absolute atomic E-state index is 12.5. The molecule has 0 aliphatic carbocycles. The van der Waals surface area contributed by atoms with E-state index in [0.29, 0.717) is 29.4 Å². The van der Waals surface area contributed by atoms with Crippen molar-refractivity contribution in [3.8, 4) is 0 Å². The van der Waals surface area contributed by atoms with Gasteiger partial charge in [-0.05, 0) is 18.4 Å². The lowest BCUT2D eigenvalue weighted by Crippen LogP contribution is -2.39. The molecule has 1 fully saturated rings. The van der Waals surface area contributed by atoms with Crippen LogP contribution < -0.4 is 5.59 Å². The molecule has 0 bridgehead atoms. The lowest BCUT2D eigenvalue weighted by molar-refractivity contribution is 0.0853. The van der Waals surface area contributed by atoms with Crippen molar-refractivity contribution in [2.45, 2.75) is 25.4 Å². The van der Waals surface area contributed by atoms with Crippen molar-refractivity contribution < 1.29 is 9.53 Å². The second kappa shape index (κ2) is 7.60. The van der Waals surface area contributed by atoms with E-state index in [1.165, 1.54) is 0 Å². The number of nitrogens with zero attached hydrogens (tertiary/aromatic N) is 4. The van der Waals surface area contributed by atoms with E-state index in [9.17, 15) is 4.79 Å². The molecule has 136 valence electrons. The largest absolute Gasteiger partial charge is 0.445 e. The molecule has 1 atom stereocenters. The standard InChI is InChI=1S/C19H18BClN4O2/c20-16-15-17(21)22-8-10-25(15)18(23-16)14-7-4-9-24(11-14)19(26)27-12-13-5-2-1-3-6-13/h1-3,5-6,8,10,14H,4,7,9,11-12H2. The van der Waals surface area contributed by atoms with E-state index < -0.39 is 0 Å². The molecule has 1 aliphatic rings. The predicted molar refractivity (Wildman–Crippen MR) is 104 cm³/mol. The SMILES string of the molecule is [B]c1nc(C2CCCN(C(=O)OCc3ccccc3)C2)n2ccnc(Cl)c12. The number of piperidine rings is 1. The summed E-state index contributed by atoms with van der Waals surface area (Å²) < 4.78 is 7.34. The van der Waals surface area contributed by atoms with Gasteiger partial charge in [-0.25, -0.2) is 14.8 Å². The molecule has 2 radical (unpaired) electrons. The first-order valence-corrected chi connectivity index (χ1v) is 9.25. The molecule has 0 spiro atoms. The van der Waals surface area contributed by atoms with E-state index in [1.54, 1.807) is 17.3 Å². The quantitative estimate of drug-likeness (QED) is 0.656. The number of ether oxygens (including phenoxy) is 1.